The molecule has 0 bridgehead atoms. The van der Waals surface area contributed by atoms with E-state index in [9.17, 15) is 28.1 Å². The number of carbonyl (C=O) groups is 1. The van der Waals surface area contributed by atoms with Crippen molar-refractivity contribution in [2.75, 3.05) is 5.32 Å². The van der Waals surface area contributed by atoms with Crippen LogP contribution < -0.4 is 10.1 Å². The Morgan fingerprint density at radius 1 is 0.978 bits per heavy atom. The number of carbonyl (C=O) groups excluding carboxylic acids is 1. The van der Waals surface area contributed by atoms with Gasteiger partial charge in [0.25, 0.3) is 11.6 Å². The first-order valence-electron chi connectivity index (χ1n) is 13.7. The second-order valence-electron chi connectivity index (χ2n) is 10.6. The Balaban J connectivity index is 1.42. The number of ether oxygens (including phenoxy) is 1. The van der Waals surface area contributed by atoms with Crippen LogP contribution in [0.1, 0.15) is 32.7 Å². The van der Waals surface area contributed by atoms with Crippen LogP contribution in [0.5, 0.6) is 11.5 Å². The number of fused-ring (bicyclic) bond motifs is 2. The molecule has 45 heavy (non-hydrogen) atoms. The molecule has 2 aromatic heterocycles. The fourth-order valence-electron chi connectivity index (χ4n) is 5.16. The molecule has 12 heteroatoms. The monoisotopic (exact) mass is 611 g/mol. The zero-order valence-corrected chi connectivity index (χ0v) is 24.1. The van der Waals surface area contributed by atoms with Gasteiger partial charge in [0.2, 0.25) is 0 Å². The Morgan fingerprint density at radius 3 is 2.49 bits per heavy atom. The summed E-state index contributed by atoms with van der Waals surface area (Å²) in [7, 11) is 0. The predicted molar refractivity (Wildman–Crippen MR) is 163 cm³/mol. The standard InChI is InChI=1S/C33H24F3N5O4/c1-18-11-19(2)20(3)29(12-18)45-24-14-22(13-23(15-24)41(43)44)38-32(42)27-17-37-40-30(33(34,35)36)16-28(39-31(27)40)26-10-6-8-21-7-4-5-9-25(21)26/h4-17H,1-3H3,(H,38,42). The van der Waals surface area contributed by atoms with Crippen molar-refractivity contribution in [2.45, 2.75) is 26.9 Å². The maximum Gasteiger partial charge on any atom is 0.433 e. The molecule has 1 N–H and O–H groups in total. The highest BCUT2D eigenvalue weighted by Crippen LogP contribution is 2.36. The molecule has 9 nitrogen and oxygen atoms in total. The first-order chi connectivity index (χ1) is 21.4. The molecule has 0 saturated carbocycles. The van der Waals surface area contributed by atoms with Gasteiger partial charge < -0.3 is 10.1 Å². The molecular weight excluding hydrogens is 587 g/mol. The minimum absolute atomic E-state index is 0.00368. The number of benzene rings is 4. The zero-order chi connectivity index (χ0) is 32.0. The van der Waals surface area contributed by atoms with Gasteiger partial charge in [-0.3, -0.25) is 14.9 Å². The lowest BCUT2D eigenvalue weighted by atomic mass is 10.0. The molecule has 4 aromatic carbocycles. The molecule has 2 heterocycles. The van der Waals surface area contributed by atoms with Gasteiger partial charge in [-0.25, -0.2) is 9.50 Å². The Labute approximate surface area is 254 Å². The number of alkyl halides is 3. The zero-order valence-electron chi connectivity index (χ0n) is 24.1. The van der Waals surface area contributed by atoms with Gasteiger partial charge in [0.1, 0.15) is 17.1 Å². The molecule has 6 rings (SSSR count). The SMILES string of the molecule is Cc1cc(C)c(C)c(Oc2cc(NC(=O)c3cnn4c(C(F)(F)F)cc(-c5cccc6ccccc56)nc34)cc([N+](=O)[O-])c2)c1. The highest BCUT2D eigenvalue weighted by molar-refractivity contribution is 6.08. The summed E-state index contributed by atoms with van der Waals surface area (Å²) in [5.41, 5.74) is 1.07. The molecule has 1 amide bonds. The normalized spacial score (nSPS) is 11.6. The maximum absolute atomic E-state index is 14.2. The van der Waals surface area contributed by atoms with E-state index < -0.39 is 22.7 Å². The molecule has 6 aromatic rings. The number of nitrogens with one attached hydrogen (secondary N) is 1. The van der Waals surface area contributed by atoms with Crippen LogP contribution in [0.4, 0.5) is 24.5 Å². The number of non-ortho nitro benzene ring substituents is 1. The lowest BCUT2D eigenvalue weighted by Crippen LogP contribution is -2.16. The van der Waals surface area contributed by atoms with E-state index in [0.29, 0.717) is 21.2 Å². The maximum atomic E-state index is 14.2. The van der Waals surface area contributed by atoms with E-state index in [0.717, 1.165) is 40.4 Å². The predicted octanol–water partition coefficient (Wildman–Crippen LogP) is 8.45. The molecule has 0 aliphatic heterocycles. The second-order valence-corrected chi connectivity index (χ2v) is 10.6. The van der Waals surface area contributed by atoms with Crippen LogP contribution in [0.25, 0.3) is 27.7 Å². The van der Waals surface area contributed by atoms with E-state index in [4.69, 9.17) is 4.74 Å². The van der Waals surface area contributed by atoms with Gasteiger partial charge in [-0.2, -0.15) is 18.3 Å². The summed E-state index contributed by atoms with van der Waals surface area (Å²) in [6.45, 7) is 5.65. The smallest absolute Gasteiger partial charge is 0.433 e. The molecular formula is C33H24F3N5O4. The van der Waals surface area contributed by atoms with Crippen molar-refractivity contribution in [2.24, 2.45) is 0 Å². The van der Waals surface area contributed by atoms with Crippen LogP contribution in [0.3, 0.4) is 0 Å². The molecule has 0 fully saturated rings. The summed E-state index contributed by atoms with van der Waals surface area (Å²) in [6.07, 6.45) is -3.84. The van der Waals surface area contributed by atoms with E-state index in [1.54, 1.807) is 30.3 Å². The van der Waals surface area contributed by atoms with Crippen molar-refractivity contribution >= 4 is 33.7 Å². The van der Waals surface area contributed by atoms with Crippen molar-refractivity contribution < 1.29 is 27.6 Å². The highest BCUT2D eigenvalue weighted by Gasteiger charge is 2.36. The molecule has 0 aliphatic rings. The number of nitro benzene ring substituents is 1. The van der Waals surface area contributed by atoms with Gasteiger partial charge in [0.15, 0.2) is 11.3 Å². The quantitative estimate of drug-likeness (QED) is 0.149. The van der Waals surface area contributed by atoms with E-state index in [-0.39, 0.29) is 34.0 Å². The average molecular weight is 612 g/mol. The Bertz CT molecular complexity index is 2150. The number of hydrogen-bond acceptors (Lipinski definition) is 6. The van der Waals surface area contributed by atoms with E-state index in [1.165, 1.54) is 12.1 Å². The molecule has 0 radical (unpaired) electrons. The number of aryl methyl sites for hydroxylation is 2. The van der Waals surface area contributed by atoms with Gasteiger partial charge in [0, 0.05) is 17.7 Å². The largest absolute Gasteiger partial charge is 0.457 e. The molecule has 0 spiro atoms. The topological polar surface area (TPSA) is 112 Å². The van der Waals surface area contributed by atoms with Crippen LogP contribution >= 0.6 is 0 Å². The molecule has 226 valence electrons. The molecule has 0 unspecified atom stereocenters. The first kappa shape index (κ1) is 29.3. The van der Waals surface area contributed by atoms with E-state index in [1.807, 2.05) is 45.0 Å². The van der Waals surface area contributed by atoms with Gasteiger partial charge in [0.05, 0.1) is 28.6 Å². The summed E-state index contributed by atoms with van der Waals surface area (Å²) in [5.74, 6) is -0.296. The molecule has 0 aliphatic carbocycles. The number of hydrogen-bond donors (Lipinski definition) is 1. The fourth-order valence-corrected chi connectivity index (χ4v) is 5.16. The van der Waals surface area contributed by atoms with Crippen molar-refractivity contribution in [1.29, 1.82) is 0 Å². The minimum Gasteiger partial charge on any atom is -0.457 e. The minimum atomic E-state index is -4.82. The third kappa shape index (κ3) is 5.65. The van der Waals surface area contributed by atoms with Crippen LogP contribution in [0.15, 0.2) is 85.1 Å². The number of nitrogens with zero attached hydrogens (tertiary/aromatic N) is 4. The lowest BCUT2D eigenvalue weighted by molar-refractivity contribution is -0.384. The Morgan fingerprint density at radius 2 is 1.73 bits per heavy atom. The number of halogens is 3. The van der Waals surface area contributed by atoms with Crippen molar-refractivity contribution in [3.63, 3.8) is 0 Å². The van der Waals surface area contributed by atoms with Crippen LogP contribution in [0, 0.1) is 30.9 Å². The van der Waals surface area contributed by atoms with Crippen molar-refractivity contribution in [1.82, 2.24) is 14.6 Å². The molecule has 0 saturated heterocycles. The highest BCUT2D eigenvalue weighted by atomic mass is 19.4. The number of anilines is 1. The van der Waals surface area contributed by atoms with Crippen LogP contribution in [-0.2, 0) is 6.18 Å². The summed E-state index contributed by atoms with van der Waals surface area (Å²) in [6, 6.07) is 20.8. The number of amides is 1. The van der Waals surface area contributed by atoms with Crippen LogP contribution in [0.2, 0.25) is 0 Å². The van der Waals surface area contributed by atoms with Gasteiger partial charge >= 0.3 is 6.18 Å². The number of rotatable bonds is 6. The van der Waals surface area contributed by atoms with Gasteiger partial charge in [-0.15, -0.1) is 0 Å². The van der Waals surface area contributed by atoms with E-state index >= 15 is 0 Å². The fraction of sp³-hybridized carbons (Fsp3) is 0.121. The summed E-state index contributed by atoms with van der Waals surface area (Å²) >= 11 is 0. The Kier molecular flexibility index (Phi) is 7.19. The summed E-state index contributed by atoms with van der Waals surface area (Å²) in [4.78, 5) is 29.0. The van der Waals surface area contributed by atoms with Gasteiger partial charge in [-0.1, -0.05) is 48.5 Å². The summed E-state index contributed by atoms with van der Waals surface area (Å²) in [5, 5.41) is 19.6. The van der Waals surface area contributed by atoms with Crippen molar-refractivity contribution in [3.05, 3.63) is 123 Å². The Hall–Kier alpha value is -5.78. The van der Waals surface area contributed by atoms with Crippen molar-refractivity contribution in [3.8, 4) is 22.8 Å². The van der Waals surface area contributed by atoms with Crippen LogP contribution in [-0.4, -0.2) is 25.4 Å². The van der Waals surface area contributed by atoms with E-state index in [2.05, 4.69) is 15.4 Å². The average Bonchev–Trinajstić information content (AvgIpc) is 3.42. The summed E-state index contributed by atoms with van der Waals surface area (Å²) < 4.78 is 49.3. The lowest BCUT2D eigenvalue weighted by Gasteiger charge is -2.14. The second kappa shape index (κ2) is 11.1. The number of nitro groups is 1. The third-order valence-corrected chi connectivity index (χ3v) is 7.42. The molecule has 0 atom stereocenters. The third-order valence-electron chi connectivity index (χ3n) is 7.42. The first-order valence-corrected chi connectivity index (χ1v) is 13.7. The van der Waals surface area contributed by atoms with Gasteiger partial charge in [-0.05, 0) is 60.4 Å². The number of aromatic nitrogens is 3.